The van der Waals surface area contributed by atoms with E-state index in [0.717, 1.165) is 24.4 Å². The zero-order valence-corrected chi connectivity index (χ0v) is 14.7. The van der Waals surface area contributed by atoms with Crippen LogP contribution in [0.4, 0.5) is 0 Å². The fraction of sp³-hybridized carbons (Fsp3) is 0.632. The Hall–Kier alpha value is -1.55. The minimum absolute atomic E-state index is 0.0283. The molecule has 0 saturated carbocycles. The highest BCUT2D eigenvalue weighted by molar-refractivity contribution is 5.76. The summed E-state index contributed by atoms with van der Waals surface area (Å²) in [5.74, 6) is 0.968. The number of carbonyl (C=O) groups is 1. The molecule has 1 fully saturated rings. The molecule has 0 atom stereocenters. The first kappa shape index (κ1) is 17.8. The normalized spacial score (nSPS) is 16.1. The Labute approximate surface area is 140 Å². The summed E-state index contributed by atoms with van der Waals surface area (Å²) < 4.78 is 5.33. The number of nitrogens with one attached hydrogen (secondary N) is 1. The molecule has 128 valence electrons. The van der Waals surface area contributed by atoms with E-state index < -0.39 is 0 Å². The Balaban J connectivity index is 1.78. The summed E-state index contributed by atoms with van der Waals surface area (Å²) >= 11 is 0. The van der Waals surface area contributed by atoms with Crippen LogP contribution in [-0.4, -0.2) is 43.1 Å². The summed E-state index contributed by atoms with van der Waals surface area (Å²) in [6, 6.07) is 7.88. The molecular weight excluding hydrogens is 288 g/mol. The number of carbonyl (C=O) groups excluding carboxylic acids is 1. The van der Waals surface area contributed by atoms with Gasteiger partial charge in [-0.05, 0) is 57.8 Å². The molecule has 0 aromatic heterocycles. The number of hydrogen-bond donors (Lipinski definition) is 1. The SMILES string of the molecule is COc1ccccc1CCC(=O)NCC(C)(C)N1CCCCC1. The molecule has 0 spiro atoms. The predicted octanol–water partition coefficient (Wildman–Crippen LogP) is 3.01. The maximum absolute atomic E-state index is 12.2. The lowest BCUT2D eigenvalue weighted by Crippen LogP contribution is -2.53. The molecule has 0 aliphatic carbocycles. The van der Waals surface area contributed by atoms with Crippen LogP contribution in [0.15, 0.2) is 24.3 Å². The molecule has 0 unspecified atom stereocenters. The summed E-state index contributed by atoms with van der Waals surface area (Å²) in [5, 5.41) is 3.11. The van der Waals surface area contributed by atoms with Gasteiger partial charge in [0.05, 0.1) is 7.11 Å². The van der Waals surface area contributed by atoms with E-state index in [1.807, 2.05) is 24.3 Å². The van der Waals surface area contributed by atoms with Crippen molar-refractivity contribution in [1.82, 2.24) is 10.2 Å². The summed E-state index contributed by atoms with van der Waals surface area (Å²) in [4.78, 5) is 14.7. The summed E-state index contributed by atoms with van der Waals surface area (Å²) in [7, 11) is 1.67. The fourth-order valence-electron chi connectivity index (χ4n) is 3.17. The third kappa shape index (κ3) is 5.24. The van der Waals surface area contributed by atoms with Crippen molar-refractivity contribution >= 4 is 5.91 Å². The van der Waals surface area contributed by atoms with Gasteiger partial charge < -0.3 is 10.1 Å². The van der Waals surface area contributed by atoms with E-state index in [4.69, 9.17) is 4.74 Å². The lowest BCUT2D eigenvalue weighted by atomic mass is 9.98. The molecule has 1 aromatic rings. The number of piperidine rings is 1. The van der Waals surface area contributed by atoms with Gasteiger partial charge >= 0.3 is 0 Å². The fourth-order valence-corrected chi connectivity index (χ4v) is 3.17. The van der Waals surface area contributed by atoms with Gasteiger partial charge in [0.25, 0.3) is 0 Å². The van der Waals surface area contributed by atoms with E-state index in [0.29, 0.717) is 19.4 Å². The topological polar surface area (TPSA) is 41.6 Å². The maximum atomic E-state index is 12.2. The number of para-hydroxylation sites is 1. The predicted molar refractivity (Wildman–Crippen MR) is 93.8 cm³/mol. The van der Waals surface area contributed by atoms with E-state index in [2.05, 4.69) is 24.1 Å². The van der Waals surface area contributed by atoms with E-state index >= 15 is 0 Å². The molecule has 0 radical (unpaired) electrons. The molecule has 23 heavy (non-hydrogen) atoms. The minimum Gasteiger partial charge on any atom is -0.496 e. The van der Waals surface area contributed by atoms with E-state index in [1.54, 1.807) is 7.11 Å². The largest absolute Gasteiger partial charge is 0.496 e. The van der Waals surface area contributed by atoms with Crippen molar-refractivity contribution in [3.63, 3.8) is 0 Å². The van der Waals surface area contributed by atoms with Crippen molar-refractivity contribution in [3.8, 4) is 5.75 Å². The highest BCUT2D eigenvalue weighted by Crippen LogP contribution is 2.20. The van der Waals surface area contributed by atoms with Gasteiger partial charge in [-0.3, -0.25) is 9.69 Å². The number of ether oxygens (including phenoxy) is 1. The van der Waals surface area contributed by atoms with Crippen LogP contribution in [0.5, 0.6) is 5.75 Å². The maximum Gasteiger partial charge on any atom is 0.220 e. The van der Waals surface area contributed by atoms with Gasteiger partial charge in [-0.1, -0.05) is 24.6 Å². The number of benzene rings is 1. The highest BCUT2D eigenvalue weighted by Gasteiger charge is 2.28. The van der Waals surface area contributed by atoms with Gasteiger partial charge in [-0.25, -0.2) is 0 Å². The second-order valence-electron chi connectivity index (χ2n) is 6.95. The number of nitrogens with zero attached hydrogens (tertiary/aromatic N) is 1. The summed E-state index contributed by atoms with van der Waals surface area (Å²) in [5.41, 5.74) is 1.11. The third-order valence-electron chi connectivity index (χ3n) is 4.74. The van der Waals surface area contributed by atoms with Crippen LogP contribution in [0.1, 0.15) is 45.1 Å². The summed E-state index contributed by atoms with van der Waals surface area (Å²) in [6.07, 6.45) is 5.07. The van der Waals surface area contributed by atoms with Crippen molar-refractivity contribution in [2.75, 3.05) is 26.7 Å². The Morgan fingerprint density at radius 3 is 2.61 bits per heavy atom. The van der Waals surface area contributed by atoms with Gasteiger partial charge in [0.15, 0.2) is 0 Å². The summed E-state index contributed by atoms with van der Waals surface area (Å²) in [6.45, 7) is 7.43. The molecule has 1 heterocycles. The lowest BCUT2D eigenvalue weighted by Gasteiger charge is -2.41. The van der Waals surface area contributed by atoms with Crippen molar-refractivity contribution in [1.29, 1.82) is 0 Å². The van der Waals surface area contributed by atoms with E-state index in [9.17, 15) is 4.79 Å². The van der Waals surface area contributed by atoms with Gasteiger partial charge in [0.2, 0.25) is 5.91 Å². The van der Waals surface area contributed by atoms with Gasteiger partial charge in [-0.15, -0.1) is 0 Å². The standard InChI is InChI=1S/C19H30N2O2/c1-19(2,21-13-7-4-8-14-21)15-20-18(22)12-11-16-9-5-6-10-17(16)23-3/h5-6,9-10H,4,7-8,11-15H2,1-3H3,(H,20,22). The molecule has 1 N–H and O–H groups in total. The number of likely N-dealkylation sites (tertiary alicyclic amines) is 1. The Kier molecular flexibility index (Phi) is 6.46. The van der Waals surface area contributed by atoms with Gasteiger partial charge in [0, 0.05) is 18.5 Å². The smallest absolute Gasteiger partial charge is 0.220 e. The van der Waals surface area contributed by atoms with Crippen molar-refractivity contribution in [2.45, 2.75) is 51.5 Å². The average molecular weight is 318 g/mol. The number of methoxy groups -OCH3 is 1. The van der Waals surface area contributed by atoms with Crippen LogP contribution >= 0.6 is 0 Å². The van der Waals surface area contributed by atoms with E-state index in [1.165, 1.54) is 19.3 Å². The second kappa shape index (κ2) is 8.34. The van der Waals surface area contributed by atoms with Crippen LogP contribution in [0.25, 0.3) is 0 Å². The average Bonchev–Trinajstić information content (AvgIpc) is 2.59. The number of amides is 1. The van der Waals surface area contributed by atoms with Crippen LogP contribution < -0.4 is 10.1 Å². The Morgan fingerprint density at radius 1 is 1.22 bits per heavy atom. The van der Waals surface area contributed by atoms with Crippen molar-refractivity contribution in [3.05, 3.63) is 29.8 Å². The molecule has 4 heteroatoms. The molecular formula is C19H30N2O2. The first-order valence-corrected chi connectivity index (χ1v) is 8.66. The minimum atomic E-state index is 0.0283. The van der Waals surface area contributed by atoms with Crippen molar-refractivity contribution in [2.24, 2.45) is 0 Å². The first-order valence-electron chi connectivity index (χ1n) is 8.66. The monoisotopic (exact) mass is 318 g/mol. The quantitative estimate of drug-likeness (QED) is 0.840. The molecule has 1 amide bonds. The number of aryl methyl sites for hydroxylation is 1. The molecule has 1 aliphatic heterocycles. The zero-order chi connectivity index (χ0) is 16.7. The Morgan fingerprint density at radius 2 is 1.91 bits per heavy atom. The molecule has 1 saturated heterocycles. The number of rotatable bonds is 7. The highest BCUT2D eigenvalue weighted by atomic mass is 16.5. The molecule has 2 rings (SSSR count). The second-order valence-corrected chi connectivity index (χ2v) is 6.95. The van der Waals surface area contributed by atoms with Crippen LogP contribution in [-0.2, 0) is 11.2 Å². The van der Waals surface area contributed by atoms with Gasteiger partial charge in [-0.2, -0.15) is 0 Å². The third-order valence-corrected chi connectivity index (χ3v) is 4.74. The molecule has 0 bridgehead atoms. The molecule has 1 aliphatic rings. The number of hydrogen-bond acceptors (Lipinski definition) is 3. The van der Waals surface area contributed by atoms with Crippen LogP contribution in [0, 0.1) is 0 Å². The zero-order valence-electron chi connectivity index (χ0n) is 14.7. The van der Waals surface area contributed by atoms with Gasteiger partial charge in [0.1, 0.15) is 5.75 Å². The first-order chi connectivity index (χ1) is 11.0. The van der Waals surface area contributed by atoms with Crippen LogP contribution in [0.3, 0.4) is 0 Å². The van der Waals surface area contributed by atoms with E-state index in [-0.39, 0.29) is 11.4 Å². The van der Waals surface area contributed by atoms with Crippen LogP contribution in [0.2, 0.25) is 0 Å². The molecule has 1 aromatic carbocycles. The lowest BCUT2D eigenvalue weighted by molar-refractivity contribution is -0.121. The van der Waals surface area contributed by atoms with Crippen molar-refractivity contribution < 1.29 is 9.53 Å². The Bertz CT molecular complexity index is 508. The molecule has 4 nitrogen and oxygen atoms in total.